The average molecular weight is 162 g/mol. The van der Waals surface area contributed by atoms with E-state index in [1.165, 1.54) is 0 Å². The van der Waals surface area contributed by atoms with Crippen molar-refractivity contribution in [3.05, 3.63) is 0 Å². The van der Waals surface area contributed by atoms with Crippen molar-refractivity contribution in [1.82, 2.24) is 10.9 Å². The van der Waals surface area contributed by atoms with Crippen molar-refractivity contribution in [1.29, 1.82) is 5.53 Å². The predicted octanol–water partition coefficient (Wildman–Crippen LogP) is -0.345. The third-order valence-corrected chi connectivity index (χ3v) is 0.637. The molecule has 0 spiro atoms. The lowest BCUT2D eigenvalue weighted by molar-refractivity contribution is 0.846. The van der Waals surface area contributed by atoms with Gasteiger partial charge in [0.05, 0.1) is 0 Å². The fraction of sp³-hybridized carbons (Fsp3) is 0. The summed E-state index contributed by atoms with van der Waals surface area (Å²) >= 11 is 8.75. The Morgan fingerprint density at radius 3 is 2.44 bits per heavy atom. The molecule has 49 valence electrons. The van der Waals surface area contributed by atoms with E-state index < -0.39 is 0 Å². The van der Waals surface area contributed by atoms with Gasteiger partial charge in [0.2, 0.25) is 10.2 Å². The van der Waals surface area contributed by atoms with Crippen LogP contribution in [0.25, 0.3) is 0 Å². The normalized spacial score (nSPS) is 7.56. The van der Waals surface area contributed by atoms with E-state index in [1.807, 2.05) is 0 Å². The molecule has 0 saturated heterocycles. The van der Waals surface area contributed by atoms with E-state index in [2.05, 4.69) is 40.4 Å². The van der Waals surface area contributed by atoms with Crippen LogP contribution in [0.5, 0.6) is 0 Å². The molecule has 0 aromatic heterocycles. The minimum absolute atomic E-state index is 0.0669. The van der Waals surface area contributed by atoms with Crippen LogP contribution < -0.4 is 16.6 Å². The van der Waals surface area contributed by atoms with E-state index >= 15 is 0 Å². The largest absolute Gasteiger partial charge is 0.373 e. The van der Waals surface area contributed by atoms with E-state index in [1.54, 1.807) is 0 Å². The predicted molar refractivity (Wildman–Crippen MR) is 39.8 cm³/mol. The van der Waals surface area contributed by atoms with Crippen LogP contribution in [0.3, 0.4) is 0 Å². The van der Waals surface area contributed by atoms with Crippen LogP contribution in [0.2, 0.25) is 0 Å². The summed E-state index contributed by atoms with van der Waals surface area (Å²) in [5.74, 6) is 0. The first-order valence-corrected chi connectivity index (χ1v) is 2.66. The first-order chi connectivity index (χ1) is 4.16. The summed E-state index contributed by atoms with van der Waals surface area (Å²) < 4.78 is 0. The zero-order valence-corrected chi connectivity index (χ0v) is 5.92. The summed E-state index contributed by atoms with van der Waals surface area (Å²) in [6.45, 7) is 0. The maximum Gasteiger partial charge on any atom is 0.233 e. The summed E-state index contributed by atoms with van der Waals surface area (Å²) in [5.41, 5.74) is 16.7. The lowest BCUT2D eigenvalue weighted by atomic mass is 11.1. The van der Waals surface area contributed by atoms with Crippen molar-refractivity contribution in [3.8, 4) is 0 Å². The highest BCUT2D eigenvalue weighted by Crippen LogP contribution is 1.68. The standard InChI is InChI=1S/C2H4N5S2/c3-1(8)6-7-2(9)5-4/h4H,(H2,3,8)(H,7,9). The molecule has 0 bridgehead atoms. The molecule has 0 aliphatic carbocycles. The van der Waals surface area contributed by atoms with Crippen LogP contribution in [0.4, 0.5) is 0 Å². The van der Waals surface area contributed by atoms with Gasteiger partial charge in [-0.05, 0) is 24.4 Å². The number of nitrogens with two attached hydrogens (primary N) is 1. The first-order valence-electron chi connectivity index (χ1n) is 1.84. The van der Waals surface area contributed by atoms with Crippen molar-refractivity contribution < 1.29 is 0 Å². The van der Waals surface area contributed by atoms with Crippen LogP contribution in [0.1, 0.15) is 0 Å². The van der Waals surface area contributed by atoms with Gasteiger partial charge in [-0.15, -0.1) is 10.5 Å². The Balaban J connectivity index is 3.39. The Bertz CT molecular complexity index is 142. The smallest absolute Gasteiger partial charge is 0.233 e. The van der Waals surface area contributed by atoms with Gasteiger partial charge in [-0.2, -0.15) is 0 Å². The second kappa shape index (κ2) is 4.10. The highest BCUT2D eigenvalue weighted by atomic mass is 32.1. The molecule has 0 aromatic rings. The van der Waals surface area contributed by atoms with Crippen LogP contribution in [0, 0.1) is 5.53 Å². The topological polar surface area (TPSA) is 88.4 Å². The Labute approximate surface area is 62.5 Å². The molecule has 0 aliphatic heterocycles. The highest BCUT2D eigenvalue weighted by Gasteiger charge is 1.90. The molecule has 0 rings (SSSR count). The molecule has 9 heavy (non-hydrogen) atoms. The lowest BCUT2D eigenvalue weighted by Crippen LogP contribution is -2.36. The van der Waals surface area contributed by atoms with E-state index in [9.17, 15) is 0 Å². The fourth-order valence-corrected chi connectivity index (χ4v) is 0.219. The summed E-state index contributed by atoms with van der Waals surface area (Å²) in [6.07, 6.45) is 0. The Morgan fingerprint density at radius 1 is 1.56 bits per heavy atom. The summed E-state index contributed by atoms with van der Waals surface area (Å²) in [5, 5.41) is 2.69. The van der Waals surface area contributed by atoms with E-state index in [4.69, 9.17) is 11.3 Å². The molecule has 0 atom stereocenters. The second-order valence-corrected chi connectivity index (χ2v) is 1.78. The Morgan fingerprint density at radius 2 is 2.11 bits per heavy atom. The number of hydrogen-bond donors (Lipinski definition) is 3. The molecule has 0 fully saturated rings. The summed E-state index contributed by atoms with van der Waals surface area (Å²) in [6, 6.07) is 0. The van der Waals surface area contributed by atoms with Crippen LogP contribution in [-0.4, -0.2) is 10.2 Å². The van der Waals surface area contributed by atoms with Gasteiger partial charge in [0.1, 0.15) is 0 Å². The van der Waals surface area contributed by atoms with Gasteiger partial charge >= 0.3 is 0 Å². The molecule has 0 unspecified atom stereocenters. The maximum atomic E-state index is 6.33. The molecule has 0 heterocycles. The van der Waals surface area contributed by atoms with Gasteiger partial charge in [-0.3, -0.25) is 0 Å². The molecular weight excluding hydrogens is 158 g/mol. The van der Waals surface area contributed by atoms with Crippen LogP contribution in [-0.2, 0) is 0 Å². The van der Waals surface area contributed by atoms with Crippen molar-refractivity contribution in [2.45, 2.75) is 0 Å². The first kappa shape index (κ1) is 8.18. The Kier molecular flexibility index (Phi) is 3.72. The molecule has 0 aliphatic rings. The van der Waals surface area contributed by atoms with Gasteiger partial charge < -0.3 is 5.73 Å². The molecule has 0 aromatic carbocycles. The minimum Gasteiger partial charge on any atom is -0.373 e. The van der Waals surface area contributed by atoms with Crippen molar-refractivity contribution in [3.63, 3.8) is 0 Å². The molecule has 0 amide bonds. The second-order valence-electron chi connectivity index (χ2n) is 0.979. The minimum atomic E-state index is -0.0685. The number of thiocarbonyl (C=S) groups is 2. The molecule has 1 radical (unpaired) electrons. The fourth-order valence-electron chi connectivity index (χ4n) is 0.128. The van der Waals surface area contributed by atoms with Gasteiger partial charge in [0, 0.05) is 0 Å². The number of hydrogen-bond acceptors (Lipinski definition) is 3. The quantitative estimate of drug-likeness (QED) is 0.258. The summed E-state index contributed by atoms with van der Waals surface area (Å²) in [4.78, 5) is 0. The summed E-state index contributed by atoms with van der Waals surface area (Å²) in [7, 11) is 0. The van der Waals surface area contributed by atoms with Crippen molar-refractivity contribution >= 4 is 34.7 Å². The monoisotopic (exact) mass is 162 g/mol. The van der Waals surface area contributed by atoms with Gasteiger partial charge in [-0.1, -0.05) is 0 Å². The maximum absolute atomic E-state index is 6.33. The van der Waals surface area contributed by atoms with E-state index in [-0.39, 0.29) is 10.2 Å². The number of nitrogens with one attached hydrogen (secondary N) is 2. The third-order valence-electron chi connectivity index (χ3n) is 0.363. The SMILES string of the molecule is N=NC(=S)N[N]C(N)=S. The molecule has 5 nitrogen and oxygen atoms in total. The zero-order valence-electron chi connectivity index (χ0n) is 4.29. The van der Waals surface area contributed by atoms with Crippen molar-refractivity contribution in [2.24, 2.45) is 10.8 Å². The average Bonchev–Trinajstić information content (AvgIpc) is 1.83. The van der Waals surface area contributed by atoms with Gasteiger partial charge in [0.15, 0.2) is 0 Å². The third kappa shape index (κ3) is 5.04. The van der Waals surface area contributed by atoms with Gasteiger partial charge in [0.25, 0.3) is 0 Å². The highest BCUT2D eigenvalue weighted by molar-refractivity contribution is 7.80. The van der Waals surface area contributed by atoms with Crippen LogP contribution >= 0.6 is 24.4 Å². The van der Waals surface area contributed by atoms with Gasteiger partial charge in [-0.25, -0.2) is 11.0 Å². The number of nitrogens with zero attached hydrogens (tertiary/aromatic N) is 2. The zero-order chi connectivity index (χ0) is 7.28. The Hall–Kier alpha value is -0.820. The number of rotatable bonds is 0. The lowest BCUT2D eigenvalue weighted by Gasteiger charge is -1.97. The van der Waals surface area contributed by atoms with Crippen molar-refractivity contribution in [2.75, 3.05) is 0 Å². The molecule has 7 heteroatoms. The van der Waals surface area contributed by atoms with Crippen LogP contribution in [0.15, 0.2) is 5.11 Å². The molecule has 0 saturated carbocycles. The van der Waals surface area contributed by atoms with E-state index in [0.29, 0.717) is 0 Å². The van der Waals surface area contributed by atoms with E-state index in [0.717, 1.165) is 0 Å². The molecular formula is C2H4N5S2. The molecule has 4 N–H and O–H groups in total.